The van der Waals surface area contributed by atoms with Gasteiger partial charge in [-0.05, 0) is 29.7 Å². The summed E-state index contributed by atoms with van der Waals surface area (Å²) in [7, 11) is 0. The molecule has 1 aromatic carbocycles. The van der Waals surface area contributed by atoms with Crippen molar-refractivity contribution in [1.29, 1.82) is 0 Å². The zero-order valence-corrected chi connectivity index (χ0v) is 10.5. The lowest BCUT2D eigenvalue weighted by atomic mass is 10.1. The Morgan fingerprint density at radius 1 is 1.11 bits per heavy atom. The molecule has 0 saturated carbocycles. The Hall–Kier alpha value is -1.87. The lowest BCUT2D eigenvalue weighted by Crippen LogP contribution is -2.01. The van der Waals surface area contributed by atoms with Crippen molar-refractivity contribution in [2.75, 3.05) is 0 Å². The highest BCUT2D eigenvalue weighted by atomic mass is 35.5. The first kappa shape index (κ1) is 11.2. The molecular weight excluding hydrogens is 246 g/mol. The molecule has 0 fully saturated rings. The van der Waals surface area contributed by atoms with Crippen LogP contribution in [0.15, 0.2) is 48.8 Å². The van der Waals surface area contributed by atoms with Crippen LogP contribution in [-0.2, 0) is 13.0 Å². The Labute approximate surface area is 110 Å². The van der Waals surface area contributed by atoms with E-state index in [1.807, 2.05) is 18.3 Å². The number of rotatable bonds is 3. The molecule has 3 nitrogen and oxygen atoms in total. The minimum absolute atomic E-state index is 0.294. The molecule has 4 heteroatoms. The molecule has 18 heavy (non-hydrogen) atoms. The molecule has 90 valence electrons. The summed E-state index contributed by atoms with van der Waals surface area (Å²) >= 11 is 5.83. The van der Waals surface area contributed by atoms with E-state index in [0.29, 0.717) is 5.28 Å². The molecule has 0 aliphatic rings. The maximum Gasteiger partial charge on any atom is 0.224 e. The largest absolute Gasteiger partial charge is 0.332 e. The third kappa shape index (κ3) is 2.22. The summed E-state index contributed by atoms with van der Waals surface area (Å²) in [5.74, 6) is 0. The number of fused-ring (bicyclic) bond motifs is 1. The van der Waals surface area contributed by atoms with Gasteiger partial charge in [-0.3, -0.25) is 0 Å². The summed E-state index contributed by atoms with van der Waals surface area (Å²) in [4.78, 5) is 8.25. The number of halogens is 1. The average molecular weight is 258 g/mol. The Balaban J connectivity index is 1.85. The monoisotopic (exact) mass is 257 g/mol. The summed E-state index contributed by atoms with van der Waals surface area (Å²) in [6.45, 7) is 0.890. The van der Waals surface area contributed by atoms with Crippen molar-refractivity contribution in [2.45, 2.75) is 13.0 Å². The Morgan fingerprint density at radius 3 is 2.78 bits per heavy atom. The molecule has 3 rings (SSSR count). The van der Waals surface area contributed by atoms with Crippen LogP contribution in [0.1, 0.15) is 5.56 Å². The van der Waals surface area contributed by atoms with E-state index in [0.717, 1.165) is 24.0 Å². The molecule has 0 radical (unpaired) electrons. The fourth-order valence-corrected chi connectivity index (χ4v) is 2.15. The number of nitrogens with zero attached hydrogens (tertiary/aromatic N) is 3. The topological polar surface area (TPSA) is 30.7 Å². The molecule has 2 heterocycles. The molecule has 2 aromatic heterocycles. The lowest BCUT2D eigenvalue weighted by molar-refractivity contribution is 0.715. The molecule has 0 aliphatic heterocycles. The van der Waals surface area contributed by atoms with Crippen molar-refractivity contribution < 1.29 is 0 Å². The first-order valence-corrected chi connectivity index (χ1v) is 6.22. The van der Waals surface area contributed by atoms with Gasteiger partial charge >= 0.3 is 0 Å². The molecule has 0 unspecified atom stereocenters. The summed E-state index contributed by atoms with van der Waals surface area (Å²) in [6.07, 6.45) is 4.76. The summed E-state index contributed by atoms with van der Waals surface area (Å²) in [5.41, 5.74) is 2.21. The van der Waals surface area contributed by atoms with Gasteiger partial charge < -0.3 is 4.57 Å². The van der Waals surface area contributed by atoms with Gasteiger partial charge in [0, 0.05) is 24.3 Å². The van der Waals surface area contributed by atoms with Crippen LogP contribution in [0.3, 0.4) is 0 Å². The van der Waals surface area contributed by atoms with Gasteiger partial charge in [-0.2, -0.15) is 4.98 Å². The van der Waals surface area contributed by atoms with E-state index in [1.165, 1.54) is 5.56 Å². The zero-order valence-electron chi connectivity index (χ0n) is 9.75. The Bertz CT molecular complexity index is 661. The molecule has 0 N–H and O–H groups in total. The fraction of sp³-hybridized carbons (Fsp3) is 0.143. The predicted octanol–water partition coefficient (Wildman–Crippen LogP) is 3.33. The Morgan fingerprint density at radius 2 is 1.94 bits per heavy atom. The van der Waals surface area contributed by atoms with Crippen LogP contribution in [0.5, 0.6) is 0 Å². The molecule has 0 aliphatic carbocycles. The zero-order chi connectivity index (χ0) is 12.4. The molecule has 3 aromatic rings. The number of benzene rings is 1. The minimum Gasteiger partial charge on any atom is -0.332 e. The van der Waals surface area contributed by atoms with Crippen LogP contribution < -0.4 is 0 Å². The van der Waals surface area contributed by atoms with Crippen molar-refractivity contribution in [2.24, 2.45) is 0 Å². The van der Waals surface area contributed by atoms with Gasteiger partial charge in [0.25, 0.3) is 0 Å². The van der Waals surface area contributed by atoms with Crippen LogP contribution in [0, 0.1) is 0 Å². The van der Waals surface area contributed by atoms with E-state index in [1.54, 1.807) is 6.20 Å². The van der Waals surface area contributed by atoms with E-state index in [2.05, 4.69) is 38.8 Å². The van der Waals surface area contributed by atoms with Crippen LogP contribution in [-0.4, -0.2) is 14.5 Å². The third-order valence-corrected chi connectivity index (χ3v) is 3.14. The second kappa shape index (κ2) is 4.78. The molecule has 0 bridgehead atoms. The van der Waals surface area contributed by atoms with Gasteiger partial charge in [0.05, 0.1) is 0 Å². The second-order valence-electron chi connectivity index (χ2n) is 4.16. The van der Waals surface area contributed by atoms with Crippen molar-refractivity contribution in [3.63, 3.8) is 0 Å². The van der Waals surface area contributed by atoms with Crippen LogP contribution >= 0.6 is 11.6 Å². The molecule has 0 atom stereocenters. The number of aromatic nitrogens is 3. The van der Waals surface area contributed by atoms with Gasteiger partial charge in [0.2, 0.25) is 5.28 Å². The van der Waals surface area contributed by atoms with Gasteiger partial charge in [0.15, 0.2) is 0 Å². The smallest absolute Gasteiger partial charge is 0.224 e. The molecule has 0 spiro atoms. The summed E-state index contributed by atoms with van der Waals surface area (Å²) < 4.78 is 2.11. The van der Waals surface area contributed by atoms with E-state index in [-0.39, 0.29) is 0 Å². The van der Waals surface area contributed by atoms with Gasteiger partial charge in [-0.15, -0.1) is 0 Å². The van der Waals surface area contributed by atoms with E-state index in [4.69, 9.17) is 11.6 Å². The second-order valence-corrected chi connectivity index (χ2v) is 4.50. The van der Waals surface area contributed by atoms with E-state index < -0.39 is 0 Å². The maximum absolute atomic E-state index is 5.83. The number of hydrogen-bond acceptors (Lipinski definition) is 2. The SMILES string of the molecule is Clc1ncc2ccn(CCc3ccccc3)c2n1. The van der Waals surface area contributed by atoms with Crippen LogP contribution in [0.4, 0.5) is 0 Å². The van der Waals surface area contributed by atoms with Crippen LogP contribution in [0.2, 0.25) is 5.28 Å². The van der Waals surface area contributed by atoms with Crippen LogP contribution in [0.25, 0.3) is 11.0 Å². The highest BCUT2D eigenvalue weighted by molar-refractivity contribution is 6.28. The predicted molar refractivity (Wildman–Crippen MR) is 72.7 cm³/mol. The van der Waals surface area contributed by atoms with Crippen molar-refractivity contribution >= 4 is 22.6 Å². The van der Waals surface area contributed by atoms with Crippen molar-refractivity contribution in [1.82, 2.24) is 14.5 Å². The first-order chi connectivity index (χ1) is 8.83. The summed E-state index contributed by atoms with van der Waals surface area (Å²) in [5, 5.41) is 1.31. The van der Waals surface area contributed by atoms with Gasteiger partial charge in [0.1, 0.15) is 5.65 Å². The standard InChI is InChI=1S/C14H12ClN3/c15-14-16-10-12-7-9-18(13(12)17-14)8-6-11-4-2-1-3-5-11/h1-5,7,9-10H,6,8H2. The first-order valence-electron chi connectivity index (χ1n) is 5.84. The quantitative estimate of drug-likeness (QED) is 0.674. The number of hydrogen-bond donors (Lipinski definition) is 0. The van der Waals surface area contributed by atoms with E-state index >= 15 is 0 Å². The van der Waals surface area contributed by atoms with Crippen molar-refractivity contribution in [3.8, 4) is 0 Å². The fourth-order valence-electron chi connectivity index (χ4n) is 2.02. The van der Waals surface area contributed by atoms with Crippen molar-refractivity contribution in [3.05, 3.63) is 59.6 Å². The number of aryl methyl sites for hydroxylation is 2. The lowest BCUT2D eigenvalue weighted by Gasteiger charge is -2.04. The molecular formula is C14H12ClN3. The molecule has 0 amide bonds. The van der Waals surface area contributed by atoms with E-state index in [9.17, 15) is 0 Å². The third-order valence-electron chi connectivity index (χ3n) is 2.96. The van der Waals surface area contributed by atoms with Gasteiger partial charge in [-0.25, -0.2) is 4.98 Å². The average Bonchev–Trinajstić information content (AvgIpc) is 2.80. The normalized spacial score (nSPS) is 10.9. The summed E-state index contributed by atoms with van der Waals surface area (Å²) in [6, 6.07) is 12.4. The molecule has 0 saturated heterocycles. The highest BCUT2D eigenvalue weighted by Crippen LogP contribution is 2.15. The minimum atomic E-state index is 0.294. The highest BCUT2D eigenvalue weighted by Gasteiger charge is 2.04. The maximum atomic E-state index is 5.83. The Kier molecular flexibility index (Phi) is 2.99. The van der Waals surface area contributed by atoms with Gasteiger partial charge in [-0.1, -0.05) is 30.3 Å².